The van der Waals surface area contributed by atoms with E-state index in [2.05, 4.69) is 91.0 Å². The van der Waals surface area contributed by atoms with Gasteiger partial charge >= 0.3 is 0 Å². The fourth-order valence-electron chi connectivity index (χ4n) is 7.29. The summed E-state index contributed by atoms with van der Waals surface area (Å²) in [6.45, 7) is 0. The van der Waals surface area contributed by atoms with Gasteiger partial charge in [-0.3, -0.25) is 0 Å². The van der Waals surface area contributed by atoms with Gasteiger partial charge in [0.15, 0.2) is 0 Å². The Morgan fingerprint density at radius 2 is 1.24 bits per heavy atom. The van der Waals surface area contributed by atoms with E-state index in [1.807, 2.05) is 42.5 Å². The summed E-state index contributed by atoms with van der Waals surface area (Å²) in [5, 5.41) is 0. The summed E-state index contributed by atoms with van der Waals surface area (Å²) in [5.74, 6) is 1.76. The molecule has 0 N–H and O–H groups in total. The number of aromatic nitrogens is 2. The lowest BCUT2D eigenvalue weighted by Gasteiger charge is -2.40. The first-order chi connectivity index (χ1) is 20.8. The van der Waals surface area contributed by atoms with E-state index in [0.29, 0.717) is 0 Å². The molecule has 1 unspecified atom stereocenters. The van der Waals surface area contributed by atoms with Crippen molar-refractivity contribution in [1.29, 1.82) is 0 Å². The van der Waals surface area contributed by atoms with E-state index in [1.54, 1.807) is 0 Å². The molecule has 1 atom stereocenters. The lowest BCUT2D eigenvalue weighted by Crippen LogP contribution is -2.33. The van der Waals surface area contributed by atoms with Crippen molar-refractivity contribution in [2.45, 2.75) is 18.3 Å². The molecule has 1 aliphatic heterocycles. The van der Waals surface area contributed by atoms with Gasteiger partial charge < -0.3 is 4.74 Å². The van der Waals surface area contributed by atoms with Crippen molar-refractivity contribution in [3.05, 3.63) is 161 Å². The summed E-state index contributed by atoms with van der Waals surface area (Å²) in [6.07, 6.45) is 6.81. The van der Waals surface area contributed by atoms with Gasteiger partial charge in [0.05, 0.1) is 27.8 Å². The lowest BCUT2D eigenvalue weighted by molar-refractivity contribution is 0.436. The van der Waals surface area contributed by atoms with Crippen molar-refractivity contribution in [1.82, 2.24) is 9.97 Å². The molecule has 0 saturated heterocycles. The van der Waals surface area contributed by atoms with E-state index in [4.69, 9.17) is 14.7 Å². The van der Waals surface area contributed by atoms with Crippen molar-refractivity contribution in [2.24, 2.45) is 0 Å². The first kappa shape index (κ1) is 23.4. The molecule has 3 heteroatoms. The molecule has 42 heavy (non-hydrogen) atoms. The Hall–Kier alpha value is -5.28. The number of ether oxygens (including phenoxy) is 1. The number of hydrogen-bond donors (Lipinski definition) is 0. The smallest absolute Gasteiger partial charge is 0.132 e. The Balaban J connectivity index is 1.32. The van der Waals surface area contributed by atoms with Gasteiger partial charge in [0, 0.05) is 22.3 Å². The van der Waals surface area contributed by atoms with E-state index in [1.165, 1.54) is 33.4 Å². The zero-order chi connectivity index (χ0) is 27.7. The molecule has 1 aromatic heterocycles. The standard InChI is InChI=1S/C39H26N2O/c1-2-12-25(13-3-1)37-38(41-34-20-10-9-19-33(34)40-37)26-22-23-32-36(24-26)42-35-21-11-8-18-31(35)39(32)29-16-6-4-14-27(29)28-15-5-7-17-30(28)39/h1-4,6-14,16-24H,5,15H2. The topological polar surface area (TPSA) is 35.0 Å². The molecule has 5 aromatic carbocycles. The van der Waals surface area contributed by atoms with Gasteiger partial charge in [-0.1, -0.05) is 109 Å². The maximum atomic E-state index is 6.76. The highest BCUT2D eigenvalue weighted by Gasteiger charge is 2.51. The molecule has 0 radical (unpaired) electrons. The highest BCUT2D eigenvalue weighted by molar-refractivity contribution is 5.91. The molecular formula is C39H26N2O. The van der Waals surface area contributed by atoms with Crippen LogP contribution in [-0.4, -0.2) is 9.97 Å². The number of hydrogen-bond acceptors (Lipinski definition) is 3. The second-order valence-corrected chi connectivity index (χ2v) is 11.2. The van der Waals surface area contributed by atoms with E-state index in [-0.39, 0.29) is 0 Å². The van der Waals surface area contributed by atoms with Crippen LogP contribution >= 0.6 is 0 Å². The quantitative estimate of drug-likeness (QED) is 0.220. The van der Waals surface area contributed by atoms with Gasteiger partial charge in [0.25, 0.3) is 0 Å². The minimum atomic E-state index is -0.428. The molecule has 2 aliphatic carbocycles. The molecule has 198 valence electrons. The normalized spacial score (nSPS) is 17.9. The predicted molar refractivity (Wildman–Crippen MR) is 169 cm³/mol. The van der Waals surface area contributed by atoms with Gasteiger partial charge in [-0.25, -0.2) is 9.97 Å². The SMILES string of the molecule is C1=CC2=C(CC1)c1ccccc1C21c2ccccc2Oc2cc(-c3nc4ccccc4nc3-c3ccccc3)ccc21. The molecule has 0 fully saturated rings. The first-order valence-electron chi connectivity index (χ1n) is 14.6. The van der Waals surface area contributed by atoms with Crippen LogP contribution in [0.25, 0.3) is 39.1 Å². The Morgan fingerprint density at radius 3 is 2.07 bits per heavy atom. The van der Waals surface area contributed by atoms with Gasteiger partial charge in [-0.05, 0) is 59.4 Å². The van der Waals surface area contributed by atoms with Gasteiger partial charge in [-0.2, -0.15) is 0 Å². The lowest BCUT2D eigenvalue weighted by atomic mass is 9.64. The molecule has 9 rings (SSSR count). The van der Waals surface area contributed by atoms with Crippen LogP contribution in [0, 0.1) is 0 Å². The molecule has 6 aromatic rings. The number of rotatable bonds is 2. The second-order valence-electron chi connectivity index (χ2n) is 11.2. The van der Waals surface area contributed by atoms with Crippen LogP contribution in [0.1, 0.15) is 35.1 Å². The maximum absolute atomic E-state index is 6.76. The monoisotopic (exact) mass is 538 g/mol. The zero-order valence-electron chi connectivity index (χ0n) is 22.9. The number of allylic oxidation sites excluding steroid dienone is 4. The van der Waals surface area contributed by atoms with Crippen molar-refractivity contribution in [3.63, 3.8) is 0 Å². The Labute approximate surface area is 244 Å². The molecule has 3 aliphatic rings. The average molecular weight is 539 g/mol. The molecular weight excluding hydrogens is 512 g/mol. The van der Waals surface area contributed by atoms with Crippen LogP contribution in [0.4, 0.5) is 0 Å². The Morgan fingerprint density at radius 1 is 0.571 bits per heavy atom. The second kappa shape index (κ2) is 8.86. The highest BCUT2D eigenvalue weighted by atomic mass is 16.5. The molecule has 0 saturated carbocycles. The van der Waals surface area contributed by atoms with E-state index >= 15 is 0 Å². The third kappa shape index (κ3) is 3.16. The molecule has 1 spiro atoms. The maximum Gasteiger partial charge on any atom is 0.132 e. The molecule has 3 nitrogen and oxygen atoms in total. The van der Waals surface area contributed by atoms with Gasteiger partial charge in [0.2, 0.25) is 0 Å². The minimum Gasteiger partial charge on any atom is -0.457 e. The fourth-order valence-corrected chi connectivity index (χ4v) is 7.29. The summed E-state index contributed by atoms with van der Waals surface area (Å²) in [7, 11) is 0. The van der Waals surface area contributed by atoms with Crippen molar-refractivity contribution >= 4 is 16.6 Å². The number of para-hydroxylation sites is 3. The van der Waals surface area contributed by atoms with Gasteiger partial charge in [-0.15, -0.1) is 0 Å². The van der Waals surface area contributed by atoms with Crippen LogP contribution in [0.3, 0.4) is 0 Å². The predicted octanol–water partition coefficient (Wildman–Crippen LogP) is 9.52. The van der Waals surface area contributed by atoms with Crippen molar-refractivity contribution < 1.29 is 4.74 Å². The van der Waals surface area contributed by atoms with Crippen LogP contribution in [0.15, 0.2) is 139 Å². The first-order valence-corrected chi connectivity index (χ1v) is 14.6. The van der Waals surface area contributed by atoms with Crippen LogP contribution in [0.5, 0.6) is 11.5 Å². The fraction of sp³-hybridized carbons (Fsp3) is 0.0769. The number of nitrogens with zero attached hydrogens (tertiary/aromatic N) is 2. The largest absolute Gasteiger partial charge is 0.457 e. The molecule has 0 bridgehead atoms. The molecule has 0 amide bonds. The summed E-state index contributed by atoms with van der Waals surface area (Å²) >= 11 is 0. The summed E-state index contributed by atoms with van der Waals surface area (Å²) < 4.78 is 6.76. The van der Waals surface area contributed by atoms with Crippen molar-refractivity contribution in [2.75, 3.05) is 0 Å². The number of fused-ring (bicyclic) bond motifs is 9. The summed E-state index contributed by atoms with van der Waals surface area (Å²) in [5.41, 5.74) is 13.0. The van der Waals surface area contributed by atoms with Crippen LogP contribution < -0.4 is 4.74 Å². The Kier molecular flexibility index (Phi) is 4.94. The average Bonchev–Trinajstić information content (AvgIpc) is 3.35. The van der Waals surface area contributed by atoms with Crippen LogP contribution in [0.2, 0.25) is 0 Å². The van der Waals surface area contributed by atoms with E-state index in [0.717, 1.165) is 57.9 Å². The third-order valence-corrected chi connectivity index (χ3v) is 9.02. The Bertz CT molecular complexity index is 2120. The zero-order valence-corrected chi connectivity index (χ0v) is 22.9. The number of benzene rings is 5. The van der Waals surface area contributed by atoms with Gasteiger partial charge in [0.1, 0.15) is 11.5 Å². The minimum absolute atomic E-state index is 0.428. The van der Waals surface area contributed by atoms with E-state index < -0.39 is 5.41 Å². The third-order valence-electron chi connectivity index (χ3n) is 9.02. The summed E-state index contributed by atoms with van der Waals surface area (Å²) in [4.78, 5) is 10.3. The van der Waals surface area contributed by atoms with Crippen molar-refractivity contribution in [3.8, 4) is 34.0 Å². The summed E-state index contributed by atoms with van der Waals surface area (Å²) in [6, 6.07) is 42.5. The highest BCUT2D eigenvalue weighted by Crippen LogP contribution is 2.62. The van der Waals surface area contributed by atoms with Crippen LogP contribution in [-0.2, 0) is 5.41 Å². The molecule has 2 heterocycles. The van der Waals surface area contributed by atoms with E-state index in [9.17, 15) is 0 Å².